The van der Waals surface area contributed by atoms with Crippen LogP contribution in [0.4, 0.5) is 15.8 Å². The fourth-order valence-corrected chi connectivity index (χ4v) is 3.75. The van der Waals surface area contributed by atoms with Gasteiger partial charge in [0.25, 0.3) is 0 Å². The summed E-state index contributed by atoms with van der Waals surface area (Å²) >= 11 is 0. The highest BCUT2D eigenvalue weighted by Crippen LogP contribution is 2.30. The molecule has 0 aliphatic carbocycles. The van der Waals surface area contributed by atoms with E-state index < -0.39 is 0 Å². The number of halogens is 1. The van der Waals surface area contributed by atoms with Crippen LogP contribution in [0.5, 0.6) is 0 Å². The van der Waals surface area contributed by atoms with Crippen LogP contribution in [-0.2, 0) is 6.54 Å². The van der Waals surface area contributed by atoms with Gasteiger partial charge < -0.3 is 10.2 Å². The SMILES string of the molecule is CC(C)Nc1cc(F)ccc1N(C)C1CCN(Cc2ccccc2)CC1. The lowest BCUT2D eigenvalue weighted by Gasteiger charge is -2.38. The van der Waals surface area contributed by atoms with Crippen LogP contribution in [-0.4, -0.2) is 37.1 Å². The molecule has 0 amide bonds. The first kappa shape index (κ1) is 18.7. The number of likely N-dealkylation sites (tertiary alicyclic amines) is 1. The highest BCUT2D eigenvalue weighted by Gasteiger charge is 2.24. The normalized spacial score (nSPS) is 16.0. The summed E-state index contributed by atoms with van der Waals surface area (Å²) < 4.78 is 13.7. The molecule has 0 saturated carbocycles. The molecular weight excluding hydrogens is 325 g/mol. The van der Waals surface area contributed by atoms with Gasteiger partial charge in [0.1, 0.15) is 5.82 Å². The van der Waals surface area contributed by atoms with Gasteiger partial charge in [-0.25, -0.2) is 4.39 Å². The Bertz CT molecular complexity index is 694. The fourth-order valence-electron chi connectivity index (χ4n) is 3.75. The van der Waals surface area contributed by atoms with E-state index in [4.69, 9.17) is 0 Å². The predicted molar refractivity (Wildman–Crippen MR) is 108 cm³/mol. The Morgan fingerprint density at radius 1 is 1.12 bits per heavy atom. The van der Waals surface area contributed by atoms with Crippen LogP contribution in [0.3, 0.4) is 0 Å². The minimum atomic E-state index is -0.192. The minimum Gasteiger partial charge on any atom is -0.381 e. The number of anilines is 2. The molecule has 0 radical (unpaired) electrons. The van der Waals surface area contributed by atoms with E-state index in [1.165, 1.54) is 5.56 Å². The number of nitrogens with zero attached hydrogens (tertiary/aromatic N) is 2. The van der Waals surface area contributed by atoms with E-state index in [0.717, 1.165) is 43.9 Å². The van der Waals surface area contributed by atoms with Crippen molar-refractivity contribution < 1.29 is 4.39 Å². The van der Waals surface area contributed by atoms with Gasteiger partial charge in [0.2, 0.25) is 0 Å². The summed E-state index contributed by atoms with van der Waals surface area (Å²) in [6.07, 6.45) is 2.25. The third-order valence-electron chi connectivity index (χ3n) is 5.14. The molecule has 1 saturated heterocycles. The van der Waals surface area contributed by atoms with Crippen molar-refractivity contribution in [2.24, 2.45) is 0 Å². The maximum absolute atomic E-state index is 13.7. The van der Waals surface area contributed by atoms with Gasteiger partial charge in [-0.2, -0.15) is 0 Å². The van der Waals surface area contributed by atoms with Gasteiger partial charge in [0.05, 0.1) is 11.4 Å². The molecule has 1 aliphatic heterocycles. The molecule has 3 rings (SSSR count). The Morgan fingerprint density at radius 3 is 2.46 bits per heavy atom. The molecule has 0 spiro atoms. The molecule has 4 heteroatoms. The largest absolute Gasteiger partial charge is 0.381 e. The van der Waals surface area contributed by atoms with Gasteiger partial charge in [-0.1, -0.05) is 30.3 Å². The van der Waals surface area contributed by atoms with Crippen molar-refractivity contribution >= 4 is 11.4 Å². The summed E-state index contributed by atoms with van der Waals surface area (Å²) in [5.74, 6) is -0.192. The minimum absolute atomic E-state index is 0.192. The van der Waals surface area contributed by atoms with Crippen molar-refractivity contribution in [3.63, 3.8) is 0 Å². The van der Waals surface area contributed by atoms with Crippen molar-refractivity contribution in [2.75, 3.05) is 30.4 Å². The maximum Gasteiger partial charge on any atom is 0.125 e. The molecule has 140 valence electrons. The number of hydrogen-bond donors (Lipinski definition) is 1. The van der Waals surface area contributed by atoms with E-state index in [9.17, 15) is 4.39 Å². The van der Waals surface area contributed by atoms with Crippen molar-refractivity contribution in [1.82, 2.24) is 4.90 Å². The topological polar surface area (TPSA) is 18.5 Å². The van der Waals surface area contributed by atoms with E-state index in [1.54, 1.807) is 12.1 Å². The second kappa shape index (κ2) is 8.54. The summed E-state index contributed by atoms with van der Waals surface area (Å²) in [7, 11) is 2.14. The van der Waals surface area contributed by atoms with Gasteiger partial charge in [-0.15, -0.1) is 0 Å². The Morgan fingerprint density at radius 2 is 1.81 bits per heavy atom. The maximum atomic E-state index is 13.7. The second-order valence-corrected chi connectivity index (χ2v) is 7.56. The molecule has 1 N–H and O–H groups in total. The van der Waals surface area contributed by atoms with E-state index >= 15 is 0 Å². The van der Waals surface area contributed by atoms with Gasteiger partial charge >= 0.3 is 0 Å². The molecule has 1 fully saturated rings. The summed E-state index contributed by atoms with van der Waals surface area (Å²) in [6.45, 7) is 7.37. The summed E-state index contributed by atoms with van der Waals surface area (Å²) in [6, 6.07) is 16.5. The van der Waals surface area contributed by atoms with Crippen molar-refractivity contribution in [1.29, 1.82) is 0 Å². The van der Waals surface area contributed by atoms with Crippen LogP contribution in [0.25, 0.3) is 0 Å². The number of piperidine rings is 1. The molecule has 2 aromatic rings. The first-order valence-electron chi connectivity index (χ1n) is 9.58. The zero-order valence-electron chi connectivity index (χ0n) is 16.1. The average Bonchev–Trinajstić information content (AvgIpc) is 2.62. The van der Waals surface area contributed by atoms with E-state index in [0.29, 0.717) is 6.04 Å². The zero-order valence-corrected chi connectivity index (χ0v) is 16.1. The predicted octanol–water partition coefficient (Wildman–Crippen LogP) is 4.75. The van der Waals surface area contributed by atoms with Gasteiger partial charge in [-0.05, 0) is 50.5 Å². The molecule has 0 atom stereocenters. The summed E-state index contributed by atoms with van der Waals surface area (Å²) in [5, 5.41) is 3.38. The smallest absolute Gasteiger partial charge is 0.125 e. The first-order valence-corrected chi connectivity index (χ1v) is 9.58. The Kier molecular flexibility index (Phi) is 6.15. The summed E-state index contributed by atoms with van der Waals surface area (Å²) in [4.78, 5) is 4.85. The van der Waals surface area contributed by atoms with E-state index in [-0.39, 0.29) is 11.9 Å². The number of nitrogens with one attached hydrogen (secondary N) is 1. The van der Waals surface area contributed by atoms with Crippen molar-refractivity contribution in [3.8, 4) is 0 Å². The van der Waals surface area contributed by atoms with Crippen molar-refractivity contribution in [2.45, 2.75) is 45.3 Å². The number of hydrogen-bond acceptors (Lipinski definition) is 3. The fraction of sp³-hybridized carbons (Fsp3) is 0.455. The highest BCUT2D eigenvalue weighted by molar-refractivity contribution is 5.70. The third kappa shape index (κ3) is 4.76. The highest BCUT2D eigenvalue weighted by atomic mass is 19.1. The van der Waals surface area contributed by atoms with E-state index in [2.05, 4.69) is 66.3 Å². The quantitative estimate of drug-likeness (QED) is 0.807. The van der Waals surface area contributed by atoms with Crippen LogP contribution in [0.2, 0.25) is 0 Å². The molecule has 2 aromatic carbocycles. The lowest BCUT2D eigenvalue weighted by atomic mass is 10.0. The first-order chi connectivity index (χ1) is 12.5. The summed E-state index contributed by atoms with van der Waals surface area (Å²) in [5.41, 5.74) is 3.34. The van der Waals surface area contributed by atoms with Crippen LogP contribution in [0.15, 0.2) is 48.5 Å². The molecule has 1 heterocycles. The van der Waals surface area contributed by atoms with Crippen LogP contribution >= 0.6 is 0 Å². The molecule has 0 unspecified atom stereocenters. The van der Waals surface area contributed by atoms with Gasteiger partial charge in [0.15, 0.2) is 0 Å². The molecule has 3 nitrogen and oxygen atoms in total. The third-order valence-corrected chi connectivity index (χ3v) is 5.14. The van der Waals surface area contributed by atoms with Crippen LogP contribution in [0, 0.1) is 5.82 Å². The number of benzene rings is 2. The molecule has 0 aromatic heterocycles. The molecule has 0 bridgehead atoms. The molecule has 26 heavy (non-hydrogen) atoms. The second-order valence-electron chi connectivity index (χ2n) is 7.56. The average molecular weight is 356 g/mol. The standard InChI is InChI=1S/C22H30FN3/c1-17(2)24-21-15-19(23)9-10-22(21)25(3)20-11-13-26(14-12-20)16-18-7-5-4-6-8-18/h4-10,15,17,20,24H,11-14,16H2,1-3H3. The van der Waals surface area contributed by atoms with Crippen LogP contribution < -0.4 is 10.2 Å². The zero-order chi connectivity index (χ0) is 18.5. The lowest BCUT2D eigenvalue weighted by molar-refractivity contribution is 0.203. The molecular formula is C22H30FN3. The van der Waals surface area contributed by atoms with Gasteiger partial charge in [-0.3, -0.25) is 4.90 Å². The van der Waals surface area contributed by atoms with Gasteiger partial charge in [0, 0.05) is 38.8 Å². The number of rotatable bonds is 6. The Labute approximate surface area is 156 Å². The van der Waals surface area contributed by atoms with Crippen molar-refractivity contribution in [3.05, 3.63) is 59.9 Å². The van der Waals surface area contributed by atoms with Crippen LogP contribution in [0.1, 0.15) is 32.3 Å². The lowest BCUT2D eigenvalue weighted by Crippen LogP contribution is -2.43. The van der Waals surface area contributed by atoms with E-state index in [1.807, 2.05) is 6.07 Å². The monoisotopic (exact) mass is 355 g/mol. The Hall–Kier alpha value is -2.07. The Balaban J connectivity index is 1.62. The molecule has 1 aliphatic rings.